The normalized spacial score (nSPS) is 10.5. The van der Waals surface area contributed by atoms with E-state index in [4.69, 9.17) is 0 Å². The molecule has 0 aliphatic heterocycles. The number of benzene rings is 1. The number of halogens is 2. The Morgan fingerprint density at radius 1 is 1.24 bits per heavy atom. The van der Waals surface area contributed by atoms with Crippen molar-refractivity contribution in [1.82, 2.24) is 0 Å². The molecule has 0 atom stereocenters. The summed E-state index contributed by atoms with van der Waals surface area (Å²) in [6.45, 7) is 1.89. The SMILES string of the molecule is CCC(=O)c1ccc(-c2ccc(Br)cc2Br)s1. The fourth-order valence-corrected chi connectivity index (χ4v) is 3.94. The Balaban J connectivity index is 2.40. The third-order valence-electron chi connectivity index (χ3n) is 2.40. The molecule has 1 heterocycles. The number of carbonyl (C=O) groups is 1. The first-order valence-corrected chi connectivity index (χ1v) is 7.60. The standard InChI is InChI=1S/C13H10Br2OS/c1-2-11(16)13-6-5-12(17-13)9-4-3-8(14)7-10(9)15/h3-7H,2H2,1H3. The molecule has 0 radical (unpaired) electrons. The van der Waals surface area contributed by atoms with Crippen LogP contribution in [0.5, 0.6) is 0 Å². The van der Waals surface area contributed by atoms with Gasteiger partial charge in [-0.15, -0.1) is 11.3 Å². The van der Waals surface area contributed by atoms with Crippen LogP contribution in [0.4, 0.5) is 0 Å². The molecule has 0 fully saturated rings. The maximum Gasteiger partial charge on any atom is 0.172 e. The van der Waals surface area contributed by atoms with Crippen LogP contribution in [0.1, 0.15) is 23.0 Å². The highest BCUT2D eigenvalue weighted by Crippen LogP contribution is 2.35. The quantitative estimate of drug-likeness (QED) is 0.646. The predicted molar refractivity (Wildman–Crippen MR) is 79.8 cm³/mol. The summed E-state index contributed by atoms with van der Waals surface area (Å²) in [6, 6.07) is 9.96. The second-order valence-electron chi connectivity index (χ2n) is 3.56. The van der Waals surface area contributed by atoms with E-state index in [-0.39, 0.29) is 5.78 Å². The number of hydrogen-bond donors (Lipinski definition) is 0. The van der Waals surface area contributed by atoms with Crippen molar-refractivity contribution < 1.29 is 4.79 Å². The van der Waals surface area contributed by atoms with E-state index < -0.39 is 0 Å². The average molecular weight is 374 g/mol. The van der Waals surface area contributed by atoms with Gasteiger partial charge in [0.05, 0.1) is 4.88 Å². The molecule has 1 nitrogen and oxygen atoms in total. The van der Waals surface area contributed by atoms with Gasteiger partial charge in [-0.05, 0) is 24.3 Å². The van der Waals surface area contributed by atoms with Crippen molar-refractivity contribution in [3.05, 3.63) is 44.2 Å². The number of hydrogen-bond acceptors (Lipinski definition) is 2. The highest BCUT2D eigenvalue weighted by Gasteiger charge is 2.10. The van der Waals surface area contributed by atoms with E-state index in [0.717, 1.165) is 24.3 Å². The molecular weight excluding hydrogens is 364 g/mol. The summed E-state index contributed by atoms with van der Waals surface area (Å²) in [7, 11) is 0. The summed E-state index contributed by atoms with van der Waals surface area (Å²) in [5, 5.41) is 0. The first-order valence-electron chi connectivity index (χ1n) is 5.20. The van der Waals surface area contributed by atoms with E-state index in [9.17, 15) is 4.79 Å². The molecular formula is C13H10Br2OS. The molecule has 2 aromatic rings. The van der Waals surface area contributed by atoms with Crippen molar-refractivity contribution in [1.29, 1.82) is 0 Å². The van der Waals surface area contributed by atoms with Gasteiger partial charge in [0.15, 0.2) is 5.78 Å². The van der Waals surface area contributed by atoms with Gasteiger partial charge in [-0.25, -0.2) is 0 Å². The van der Waals surface area contributed by atoms with Gasteiger partial charge in [-0.2, -0.15) is 0 Å². The average Bonchev–Trinajstić information content (AvgIpc) is 2.77. The fraction of sp³-hybridized carbons (Fsp3) is 0.154. The minimum atomic E-state index is 0.203. The summed E-state index contributed by atoms with van der Waals surface area (Å²) in [5.74, 6) is 0.203. The van der Waals surface area contributed by atoms with Crippen LogP contribution >= 0.6 is 43.2 Å². The first-order chi connectivity index (χ1) is 8.11. The first kappa shape index (κ1) is 13.0. The van der Waals surface area contributed by atoms with Gasteiger partial charge in [-0.1, -0.05) is 44.8 Å². The predicted octanol–water partition coefficient (Wildman–Crippen LogP) is 5.53. The van der Waals surface area contributed by atoms with Crippen LogP contribution in [-0.2, 0) is 0 Å². The van der Waals surface area contributed by atoms with Crippen LogP contribution in [-0.4, -0.2) is 5.78 Å². The van der Waals surface area contributed by atoms with Crippen molar-refractivity contribution in [2.45, 2.75) is 13.3 Å². The molecule has 0 bridgehead atoms. The third kappa shape index (κ3) is 2.87. The number of rotatable bonds is 3. The van der Waals surface area contributed by atoms with Gasteiger partial charge in [0, 0.05) is 25.8 Å². The molecule has 1 aromatic heterocycles. The Labute approximate surface area is 121 Å². The Hall–Kier alpha value is -0.450. The summed E-state index contributed by atoms with van der Waals surface area (Å²) in [6.07, 6.45) is 0.557. The zero-order valence-corrected chi connectivity index (χ0v) is 13.2. The van der Waals surface area contributed by atoms with Crippen LogP contribution in [0.25, 0.3) is 10.4 Å². The highest BCUT2D eigenvalue weighted by molar-refractivity contribution is 9.11. The summed E-state index contributed by atoms with van der Waals surface area (Å²) >= 11 is 8.51. The van der Waals surface area contributed by atoms with E-state index in [0.29, 0.717) is 6.42 Å². The lowest BCUT2D eigenvalue weighted by atomic mass is 10.2. The molecule has 0 N–H and O–H groups in total. The Bertz CT molecular complexity index is 560. The zero-order chi connectivity index (χ0) is 12.4. The van der Waals surface area contributed by atoms with Crippen molar-refractivity contribution in [2.24, 2.45) is 0 Å². The smallest absolute Gasteiger partial charge is 0.172 e. The van der Waals surface area contributed by atoms with Crippen molar-refractivity contribution >= 4 is 49.0 Å². The maximum absolute atomic E-state index is 11.6. The Morgan fingerprint density at radius 3 is 2.65 bits per heavy atom. The van der Waals surface area contributed by atoms with Gasteiger partial charge in [0.2, 0.25) is 0 Å². The maximum atomic E-state index is 11.6. The van der Waals surface area contributed by atoms with Gasteiger partial charge in [-0.3, -0.25) is 4.79 Å². The highest BCUT2D eigenvalue weighted by atomic mass is 79.9. The summed E-state index contributed by atoms with van der Waals surface area (Å²) < 4.78 is 2.07. The van der Waals surface area contributed by atoms with Gasteiger partial charge < -0.3 is 0 Å². The van der Waals surface area contributed by atoms with E-state index >= 15 is 0 Å². The molecule has 0 aliphatic rings. The molecule has 0 saturated carbocycles. The topological polar surface area (TPSA) is 17.1 Å². The number of carbonyl (C=O) groups excluding carboxylic acids is 1. The molecule has 0 saturated heterocycles. The van der Waals surface area contributed by atoms with E-state index in [1.165, 1.54) is 0 Å². The molecule has 0 amide bonds. The summed E-state index contributed by atoms with van der Waals surface area (Å²) in [5.41, 5.74) is 1.12. The molecule has 4 heteroatoms. The largest absolute Gasteiger partial charge is 0.293 e. The molecule has 2 rings (SSSR count). The van der Waals surface area contributed by atoms with Crippen molar-refractivity contribution in [3.63, 3.8) is 0 Å². The number of Topliss-reactive ketones (excluding diaryl/α,β-unsaturated/α-hetero) is 1. The lowest BCUT2D eigenvalue weighted by Crippen LogP contribution is -1.90. The molecule has 0 spiro atoms. The second kappa shape index (κ2) is 5.46. The molecule has 88 valence electrons. The lowest BCUT2D eigenvalue weighted by molar-refractivity contribution is 0.0992. The zero-order valence-electron chi connectivity index (χ0n) is 9.17. The van der Waals surface area contributed by atoms with Crippen LogP contribution in [0.3, 0.4) is 0 Å². The fourth-order valence-electron chi connectivity index (χ4n) is 1.50. The number of ketones is 1. The molecule has 0 aliphatic carbocycles. The molecule has 0 unspecified atom stereocenters. The van der Waals surface area contributed by atoms with E-state index in [2.05, 4.69) is 31.9 Å². The van der Waals surface area contributed by atoms with Crippen LogP contribution in [0.2, 0.25) is 0 Å². The van der Waals surface area contributed by atoms with E-state index in [1.807, 2.05) is 37.3 Å². The number of thiophene rings is 1. The Morgan fingerprint density at radius 2 is 2.00 bits per heavy atom. The molecule has 17 heavy (non-hydrogen) atoms. The minimum Gasteiger partial charge on any atom is -0.293 e. The van der Waals surface area contributed by atoms with Crippen LogP contribution in [0, 0.1) is 0 Å². The lowest BCUT2D eigenvalue weighted by Gasteiger charge is -2.01. The Kier molecular flexibility index (Phi) is 4.17. The van der Waals surface area contributed by atoms with Gasteiger partial charge in [0.25, 0.3) is 0 Å². The third-order valence-corrected chi connectivity index (χ3v) is 4.71. The monoisotopic (exact) mass is 372 g/mol. The van der Waals surface area contributed by atoms with Gasteiger partial charge >= 0.3 is 0 Å². The van der Waals surface area contributed by atoms with Crippen molar-refractivity contribution in [3.8, 4) is 10.4 Å². The minimum absolute atomic E-state index is 0.203. The van der Waals surface area contributed by atoms with Crippen LogP contribution < -0.4 is 0 Å². The van der Waals surface area contributed by atoms with Gasteiger partial charge in [0.1, 0.15) is 0 Å². The summed E-state index contributed by atoms with van der Waals surface area (Å²) in [4.78, 5) is 13.5. The second-order valence-corrected chi connectivity index (χ2v) is 6.42. The molecule has 1 aromatic carbocycles. The van der Waals surface area contributed by atoms with Crippen molar-refractivity contribution in [2.75, 3.05) is 0 Å². The van der Waals surface area contributed by atoms with E-state index in [1.54, 1.807) is 11.3 Å². The van der Waals surface area contributed by atoms with Crippen LogP contribution in [0.15, 0.2) is 39.3 Å².